The van der Waals surface area contributed by atoms with Gasteiger partial charge in [-0.15, -0.1) is 24.0 Å². The summed E-state index contributed by atoms with van der Waals surface area (Å²) >= 11 is 0. The fourth-order valence-corrected chi connectivity index (χ4v) is 3.01. The number of halogens is 1. The number of hydrogen-bond donors (Lipinski definition) is 2. The lowest BCUT2D eigenvalue weighted by Crippen LogP contribution is -2.37. The Hall–Kier alpha value is -1.81. The molecule has 0 unspecified atom stereocenters. The highest BCUT2D eigenvalue weighted by Crippen LogP contribution is 2.22. The van der Waals surface area contributed by atoms with Gasteiger partial charge in [-0.2, -0.15) is 5.10 Å². The van der Waals surface area contributed by atoms with Gasteiger partial charge >= 0.3 is 0 Å². The largest absolute Gasteiger partial charge is 0.378 e. The monoisotopic (exact) mass is 484 g/mol. The van der Waals surface area contributed by atoms with Crippen LogP contribution in [0.5, 0.6) is 0 Å². The van der Waals surface area contributed by atoms with E-state index in [1.165, 1.54) is 11.3 Å². The average molecular weight is 484 g/mol. The number of hydrogen-bond acceptors (Lipinski definition) is 4. The summed E-state index contributed by atoms with van der Waals surface area (Å²) in [4.78, 5) is 7.15. The molecule has 0 spiro atoms. The van der Waals surface area contributed by atoms with E-state index in [0.29, 0.717) is 13.1 Å². The minimum absolute atomic E-state index is 0. The molecule has 0 amide bonds. The number of aryl methyl sites for hydroxylation is 1. The smallest absolute Gasteiger partial charge is 0.191 e. The first kappa shape index (κ1) is 21.5. The number of para-hydroxylation sites is 1. The molecular weight excluding hydrogens is 455 g/mol. The first-order valence-electron chi connectivity index (χ1n) is 9.17. The molecule has 0 bridgehead atoms. The van der Waals surface area contributed by atoms with E-state index in [1.54, 1.807) is 6.20 Å². The number of anilines is 1. The SMILES string of the molecule is CCNC(=NCc1ccccc1N1CCOCC1)NCc1ccnn1C.I. The minimum Gasteiger partial charge on any atom is -0.378 e. The van der Waals surface area contributed by atoms with Gasteiger partial charge in [-0.05, 0) is 24.6 Å². The first-order valence-corrected chi connectivity index (χ1v) is 9.17. The van der Waals surface area contributed by atoms with Crippen LogP contribution in [0.4, 0.5) is 5.69 Å². The third-order valence-electron chi connectivity index (χ3n) is 4.45. The van der Waals surface area contributed by atoms with E-state index in [0.717, 1.165) is 44.5 Å². The van der Waals surface area contributed by atoms with Crippen molar-refractivity contribution in [3.8, 4) is 0 Å². The van der Waals surface area contributed by atoms with Gasteiger partial charge in [-0.1, -0.05) is 18.2 Å². The van der Waals surface area contributed by atoms with Crippen LogP contribution < -0.4 is 15.5 Å². The molecule has 27 heavy (non-hydrogen) atoms. The summed E-state index contributed by atoms with van der Waals surface area (Å²) in [5, 5.41) is 10.9. The first-order chi connectivity index (χ1) is 12.8. The molecule has 1 aromatic heterocycles. The number of guanidine groups is 1. The summed E-state index contributed by atoms with van der Waals surface area (Å²) < 4.78 is 7.34. The van der Waals surface area contributed by atoms with Gasteiger partial charge in [0.25, 0.3) is 0 Å². The number of morpholine rings is 1. The van der Waals surface area contributed by atoms with Crippen LogP contribution in [0.25, 0.3) is 0 Å². The molecule has 1 fully saturated rings. The van der Waals surface area contributed by atoms with Crippen LogP contribution in [0.1, 0.15) is 18.2 Å². The van der Waals surface area contributed by atoms with Gasteiger partial charge in [0.1, 0.15) is 0 Å². The van der Waals surface area contributed by atoms with Crippen molar-refractivity contribution in [1.29, 1.82) is 0 Å². The van der Waals surface area contributed by atoms with E-state index in [2.05, 4.69) is 51.8 Å². The lowest BCUT2D eigenvalue weighted by molar-refractivity contribution is 0.122. The summed E-state index contributed by atoms with van der Waals surface area (Å²) in [5.74, 6) is 0.811. The molecule has 1 aliphatic heterocycles. The number of benzene rings is 1. The molecule has 8 heteroatoms. The normalized spacial score (nSPS) is 14.6. The number of nitrogens with one attached hydrogen (secondary N) is 2. The summed E-state index contributed by atoms with van der Waals surface area (Å²) in [6, 6.07) is 10.5. The van der Waals surface area contributed by atoms with E-state index < -0.39 is 0 Å². The second-order valence-electron chi connectivity index (χ2n) is 6.22. The molecule has 0 aliphatic carbocycles. The molecular formula is C19H29IN6O. The van der Waals surface area contributed by atoms with Crippen molar-refractivity contribution in [2.75, 3.05) is 37.7 Å². The quantitative estimate of drug-likeness (QED) is 0.374. The number of aliphatic imine (C=N–C) groups is 1. The van der Waals surface area contributed by atoms with Crippen LogP contribution in [0.2, 0.25) is 0 Å². The van der Waals surface area contributed by atoms with Crippen molar-refractivity contribution in [2.24, 2.45) is 12.0 Å². The molecule has 2 N–H and O–H groups in total. The van der Waals surface area contributed by atoms with Crippen LogP contribution in [0.3, 0.4) is 0 Å². The number of nitrogens with zero attached hydrogens (tertiary/aromatic N) is 4. The Balaban J connectivity index is 0.00000261. The van der Waals surface area contributed by atoms with E-state index in [4.69, 9.17) is 9.73 Å². The highest BCUT2D eigenvalue weighted by Gasteiger charge is 2.14. The Morgan fingerprint density at radius 3 is 2.67 bits per heavy atom. The second kappa shape index (κ2) is 11.1. The zero-order valence-corrected chi connectivity index (χ0v) is 18.3. The molecule has 7 nitrogen and oxygen atoms in total. The van der Waals surface area contributed by atoms with Gasteiger partial charge in [0.15, 0.2) is 5.96 Å². The Morgan fingerprint density at radius 1 is 1.19 bits per heavy atom. The van der Waals surface area contributed by atoms with Crippen LogP contribution in [-0.4, -0.2) is 48.6 Å². The lowest BCUT2D eigenvalue weighted by Gasteiger charge is -2.30. The second-order valence-corrected chi connectivity index (χ2v) is 6.22. The van der Waals surface area contributed by atoms with Gasteiger partial charge in [0, 0.05) is 38.6 Å². The minimum atomic E-state index is 0. The summed E-state index contributed by atoms with van der Waals surface area (Å²) in [6.45, 7) is 7.64. The highest BCUT2D eigenvalue weighted by atomic mass is 127. The van der Waals surface area contributed by atoms with Crippen molar-refractivity contribution in [3.05, 3.63) is 47.8 Å². The molecule has 148 valence electrons. The van der Waals surface area contributed by atoms with Crippen LogP contribution in [0.15, 0.2) is 41.5 Å². The van der Waals surface area contributed by atoms with Gasteiger partial charge in [-0.3, -0.25) is 4.68 Å². The predicted molar refractivity (Wildman–Crippen MR) is 120 cm³/mol. The Bertz CT molecular complexity index is 726. The van der Waals surface area contributed by atoms with Crippen molar-refractivity contribution in [1.82, 2.24) is 20.4 Å². The molecule has 1 aromatic carbocycles. The standard InChI is InChI=1S/C19H28N6O.HI/c1-3-20-19(22-15-17-8-9-23-24(17)2)21-14-16-6-4-5-7-18(16)25-10-12-26-13-11-25;/h4-9H,3,10-15H2,1-2H3,(H2,20,21,22);1H. The maximum Gasteiger partial charge on any atom is 0.191 e. The van der Waals surface area contributed by atoms with Gasteiger partial charge in [0.05, 0.1) is 32.0 Å². The number of rotatable bonds is 6. The third kappa shape index (κ3) is 6.10. The maximum absolute atomic E-state index is 5.47. The highest BCUT2D eigenvalue weighted by molar-refractivity contribution is 14.0. The molecule has 1 aliphatic rings. The van der Waals surface area contributed by atoms with E-state index in [-0.39, 0.29) is 24.0 Å². The molecule has 0 atom stereocenters. The lowest BCUT2D eigenvalue weighted by atomic mass is 10.1. The maximum atomic E-state index is 5.47. The topological polar surface area (TPSA) is 66.7 Å². The Morgan fingerprint density at radius 2 is 1.96 bits per heavy atom. The third-order valence-corrected chi connectivity index (χ3v) is 4.45. The van der Waals surface area contributed by atoms with E-state index in [1.807, 2.05) is 17.8 Å². The van der Waals surface area contributed by atoms with Crippen LogP contribution >= 0.6 is 24.0 Å². The van der Waals surface area contributed by atoms with Gasteiger partial charge < -0.3 is 20.3 Å². The number of aromatic nitrogens is 2. The van der Waals surface area contributed by atoms with Crippen molar-refractivity contribution >= 4 is 35.6 Å². The van der Waals surface area contributed by atoms with Crippen LogP contribution in [0, 0.1) is 0 Å². The molecule has 2 heterocycles. The average Bonchev–Trinajstić information content (AvgIpc) is 3.10. The van der Waals surface area contributed by atoms with Crippen LogP contribution in [-0.2, 0) is 24.9 Å². The molecule has 2 aromatic rings. The summed E-state index contributed by atoms with van der Waals surface area (Å²) in [5.41, 5.74) is 3.60. The van der Waals surface area contributed by atoms with Crippen molar-refractivity contribution in [2.45, 2.75) is 20.0 Å². The van der Waals surface area contributed by atoms with Crippen molar-refractivity contribution < 1.29 is 4.74 Å². The summed E-state index contributed by atoms with van der Waals surface area (Å²) in [7, 11) is 1.94. The van der Waals surface area contributed by atoms with Gasteiger partial charge in [0.2, 0.25) is 0 Å². The van der Waals surface area contributed by atoms with E-state index in [9.17, 15) is 0 Å². The molecule has 1 saturated heterocycles. The number of ether oxygens (including phenoxy) is 1. The zero-order valence-electron chi connectivity index (χ0n) is 16.0. The molecule has 0 saturated carbocycles. The van der Waals surface area contributed by atoms with Gasteiger partial charge in [-0.25, -0.2) is 4.99 Å². The predicted octanol–water partition coefficient (Wildman–Crippen LogP) is 2.13. The van der Waals surface area contributed by atoms with E-state index >= 15 is 0 Å². The molecule has 0 radical (unpaired) electrons. The zero-order chi connectivity index (χ0) is 18.2. The fraction of sp³-hybridized carbons (Fsp3) is 0.474. The molecule has 3 rings (SSSR count). The Labute approximate surface area is 178 Å². The van der Waals surface area contributed by atoms with Crippen molar-refractivity contribution in [3.63, 3.8) is 0 Å². The Kier molecular flexibility index (Phi) is 8.86. The fourth-order valence-electron chi connectivity index (χ4n) is 3.01. The summed E-state index contributed by atoms with van der Waals surface area (Å²) in [6.07, 6.45) is 1.81.